The number of aliphatic hydroxyl groups is 2. The lowest BCUT2D eigenvalue weighted by Gasteiger charge is -2.37. The largest absolute Gasteiger partial charge is 0.391 e. The van der Waals surface area contributed by atoms with Gasteiger partial charge in [0.15, 0.2) is 0 Å². The number of likely N-dealkylation sites (tertiary alicyclic amines) is 1. The molecule has 0 unspecified atom stereocenters. The molecule has 2 aliphatic heterocycles. The van der Waals surface area contributed by atoms with E-state index in [-0.39, 0.29) is 5.91 Å². The zero-order valence-electron chi connectivity index (χ0n) is 13.1. The number of carbonyl (C=O) groups excluding carboxylic acids is 1. The zero-order chi connectivity index (χ0) is 16.2. The van der Waals surface area contributed by atoms with Crippen molar-refractivity contribution < 1.29 is 15.0 Å². The van der Waals surface area contributed by atoms with Crippen molar-refractivity contribution in [1.29, 1.82) is 0 Å². The highest BCUT2D eigenvalue weighted by atomic mass is 16.3. The molecular weight excluding hydrogens is 298 g/mol. The molecule has 1 amide bonds. The van der Waals surface area contributed by atoms with Crippen molar-refractivity contribution in [2.45, 2.75) is 18.6 Å². The molecule has 2 saturated heterocycles. The van der Waals surface area contributed by atoms with E-state index in [9.17, 15) is 15.0 Å². The van der Waals surface area contributed by atoms with Gasteiger partial charge in [0.05, 0.1) is 18.8 Å². The summed E-state index contributed by atoms with van der Waals surface area (Å²) in [5, 5.41) is 19.4. The standard InChI is InChI=1S/C15H23N5O3/c21-12-8-13(22)10-20(9-12)14(23)11-18-4-6-19(7-5-18)15-16-2-1-3-17-15/h1-3,12-13,21-22H,4-11H2/t12-,13-/m1/s1. The van der Waals surface area contributed by atoms with Gasteiger partial charge in [0.2, 0.25) is 11.9 Å². The van der Waals surface area contributed by atoms with Crippen molar-refractivity contribution in [3.05, 3.63) is 18.5 Å². The van der Waals surface area contributed by atoms with E-state index in [1.807, 2.05) is 0 Å². The maximum Gasteiger partial charge on any atom is 0.236 e. The monoisotopic (exact) mass is 321 g/mol. The van der Waals surface area contributed by atoms with Crippen molar-refractivity contribution in [3.63, 3.8) is 0 Å². The summed E-state index contributed by atoms with van der Waals surface area (Å²) in [5.74, 6) is 0.688. The normalized spacial score (nSPS) is 26.3. The summed E-state index contributed by atoms with van der Waals surface area (Å²) >= 11 is 0. The molecule has 2 atom stereocenters. The van der Waals surface area contributed by atoms with Crippen LogP contribution in [-0.4, -0.2) is 93.9 Å². The van der Waals surface area contributed by atoms with Crippen LogP contribution in [-0.2, 0) is 4.79 Å². The second-order valence-corrected chi connectivity index (χ2v) is 6.15. The molecule has 2 aliphatic rings. The number of piperidine rings is 1. The van der Waals surface area contributed by atoms with Crippen LogP contribution in [0.15, 0.2) is 18.5 Å². The Labute approximate surface area is 135 Å². The number of aromatic nitrogens is 2. The number of piperazine rings is 1. The Morgan fingerprint density at radius 1 is 1.09 bits per heavy atom. The number of anilines is 1. The van der Waals surface area contributed by atoms with Gasteiger partial charge in [-0.05, 0) is 6.07 Å². The first-order valence-corrected chi connectivity index (χ1v) is 8.00. The van der Waals surface area contributed by atoms with E-state index in [1.54, 1.807) is 23.4 Å². The number of nitrogens with zero attached hydrogens (tertiary/aromatic N) is 5. The van der Waals surface area contributed by atoms with Crippen molar-refractivity contribution in [3.8, 4) is 0 Å². The molecule has 2 fully saturated rings. The van der Waals surface area contributed by atoms with Crippen LogP contribution in [0.1, 0.15) is 6.42 Å². The molecule has 126 valence electrons. The van der Waals surface area contributed by atoms with Gasteiger partial charge in [0, 0.05) is 58.1 Å². The van der Waals surface area contributed by atoms with Crippen LogP contribution >= 0.6 is 0 Å². The molecule has 0 bridgehead atoms. The van der Waals surface area contributed by atoms with Crippen molar-refractivity contribution in [1.82, 2.24) is 19.8 Å². The molecule has 3 rings (SSSR count). The number of carbonyl (C=O) groups is 1. The minimum Gasteiger partial charge on any atom is -0.391 e. The average molecular weight is 321 g/mol. The Kier molecular flexibility index (Phi) is 5.04. The van der Waals surface area contributed by atoms with Crippen LogP contribution in [0.5, 0.6) is 0 Å². The SMILES string of the molecule is O=C(CN1CCN(c2ncccn2)CC1)N1C[C@H](O)C[C@@H](O)C1. The van der Waals surface area contributed by atoms with E-state index < -0.39 is 12.2 Å². The summed E-state index contributed by atoms with van der Waals surface area (Å²) in [5.41, 5.74) is 0. The summed E-state index contributed by atoms with van der Waals surface area (Å²) in [6.07, 6.45) is 2.54. The molecule has 8 nitrogen and oxygen atoms in total. The number of β-amino-alcohol motifs (C(OH)–C–C–N with tert-alkyl or cyclic N) is 2. The predicted octanol–water partition coefficient (Wildman–Crippen LogP) is -1.45. The fourth-order valence-corrected chi connectivity index (χ4v) is 3.10. The first-order valence-electron chi connectivity index (χ1n) is 8.00. The zero-order valence-corrected chi connectivity index (χ0v) is 13.1. The highest BCUT2D eigenvalue weighted by molar-refractivity contribution is 5.78. The van der Waals surface area contributed by atoms with E-state index in [2.05, 4.69) is 19.8 Å². The molecule has 3 heterocycles. The van der Waals surface area contributed by atoms with Crippen molar-refractivity contribution >= 4 is 11.9 Å². The molecule has 0 saturated carbocycles. The fraction of sp³-hybridized carbons (Fsp3) is 0.667. The smallest absolute Gasteiger partial charge is 0.236 e. The van der Waals surface area contributed by atoms with E-state index >= 15 is 0 Å². The first-order chi connectivity index (χ1) is 11.1. The summed E-state index contributed by atoms with van der Waals surface area (Å²) in [4.78, 5) is 26.6. The quantitative estimate of drug-likeness (QED) is 0.704. The third kappa shape index (κ3) is 4.15. The van der Waals surface area contributed by atoms with Gasteiger partial charge in [0.1, 0.15) is 0 Å². The van der Waals surface area contributed by atoms with Crippen molar-refractivity contribution in [2.75, 3.05) is 50.7 Å². The molecule has 2 N–H and O–H groups in total. The molecule has 1 aromatic heterocycles. The highest BCUT2D eigenvalue weighted by Gasteiger charge is 2.29. The molecule has 0 radical (unpaired) electrons. The topological polar surface area (TPSA) is 93.0 Å². The third-order valence-corrected chi connectivity index (χ3v) is 4.33. The first kappa shape index (κ1) is 16.1. The Morgan fingerprint density at radius 3 is 2.30 bits per heavy atom. The Hall–Kier alpha value is -1.77. The van der Waals surface area contributed by atoms with Gasteiger partial charge in [-0.3, -0.25) is 9.69 Å². The average Bonchev–Trinajstić information content (AvgIpc) is 2.55. The summed E-state index contributed by atoms with van der Waals surface area (Å²) < 4.78 is 0. The van der Waals surface area contributed by atoms with E-state index in [0.717, 1.165) is 32.1 Å². The summed E-state index contributed by atoms with van der Waals surface area (Å²) in [6, 6.07) is 1.79. The van der Waals surface area contributed by atoms with Gasteiger partial charge in [-0.25, -0.2) is 9.97 Å². The molecule has 1 aromatic rings. The molecule has 8 heteroatoms. The number of hydrogen-bond acceptors (Lipinski definition) is 7. The van der Waals surface area contributed by atoms with Gasteiger partial charge in [-0.2, -0.15) is 0 Å². The van der Waals surface area contributed by atoms with Gasteiger partial charge in [0.25, 0.3) is 0 Å². The van der Waals surface area contributed by atoms with Crippen LogP contribution < -0.4 is 4.90 Å². The third-order valence-electron chi connectivity index (χ3n) is 4.33. The van der Waals surface area contributed by atoms with Crippen molar-refractivity contribution in [2.24, 2.45) is 0 Å². The molecule has 0 aromatic carbocycles. The van der Waals surface area contributed by atoms with Gasteiger partial charge < -0.3 is 20.0 Å². The maximum atomic E-state index is 12.3. The molecule has 0 aliphatic carbocycles. The van der Waals surface area contributed by atoms with E-state index in [1.165, 1.54) is 0 Å². The highest BCUT2D eigenvalue weighted by Crippen LogP contribution is 2.13. The van der Waals surface area contributed by atoms with E-state index in [0.29, 0.717) is 26.1 Å². The Balaban J connectivity index is 1.48. The molecule has 0 spiro atoms. The lowest BCUT2D eigenvalue weighted by Crippen LogP contribution is -2.54. The molecular formula is C15H23N5O3. The minimum atomic E-state index is -0.630. The number of rotatable bonds is 3. The van der Waals surface area contributed by atoms with Crippen LogP contribution in [0.2, 0.25) is 0 Å². The predicted molar refractivity (Wildman–Crippen MR) is 83.9 cm³/mol. The lowest BCUT2D eigenvalue weighted by molar-refractivity contribution is -0.138. The minimum absolute atomic E-state index is 0.0350. The number of amides is 1. The fourth-order valence-electron chi connectivity index (χ4n) is 3.10. The number of aliphatic hydroxyl groups excluding tert-OH is 2. The molecule has 23 heavy (non-hydrogen) atoms. The second-order valence-electron chi connectivity index (χ2n) is 6.15. The maximum absolute atomic E-state index is 12.3. The van der Waals surface area contributed by atoms with Gasteiger partial charge in [-0.1, -0.05) is 0 Å². The van der Waals surface area contributed by atoms with Crippen LogP contribution in [0.25, 0.3) is 0 Å². The van der Waals surface area contributed by atoms with E-state index in [4.69, 9.17) is 0 Å². The summed E-state index contributed by atoms with van der Waals surface area (Å²) in [6.45, 7) is 4.04. The summed E-state index contributed by atoms with van der Waals surface area (Å²) in [7, 11) is 0. The van der Waals surface area contributed by atoms with Gasteiger partial charge >= 0.3 is 0 Å². The van der Waals surface area contributed by atoms with Crippen LogP contribution in [0.4, 0.5) is 5.95 Å². The van der Waals surface area contributed by atoms with Crippen LogP contribution in [0, 0.1) is 0 Å². The van der Waals surface area contributed by atoms with Crippen LogP contribution in [0.3, 0.4) is 0 Å². The van der Waals surface area contributed by atoms with Gasteiger partial charge in [-0.15, -0.1) is 0 Å². The Bertz CT molecular complexity index is 511. The second kappa shape index (κ2) is 7.20. The lowest BCUT2D eigenvalue weighted by atomic mass is 10.1. The Morgan fingerprint density at radius 2 is 1.70 bits per heavy atom. The number of hydrogen-bond donors (Lipinski definition) is 2.